The summed E-state index contributed by atoms with van der Waals surface area (Å²) in [6.45, 7) is 3.30. The van der Waals surface area contributed by atoms with Gasteiger partial charge in [-0.1, -0.05) is 25.5 Å². The molecule has 1 aromatic carbocycles. The lowest BCUT2D eigenvalue weighted by molar-refractivity contribution is -0.135. The number of hydrogen-bond acceptors (Lipinski definition) is 3. The zero-order valence-electron chi connectivity index (χ0n) is 15.2. The predicted molar refractivity (Wildman–Crippen MR) is 101 cm³/mol. The number of amides is 2. The zero-order chi connectivity index (χ0) is 18.1. The van der Waals surface area contributed by atoms with Crippen LogP contribution < -0.4 is 5.32 Å². The van der Waals surface area contributed by atoms with Crippen LogP contribution in [0.3, 0.4) is 0 Å². The van der Waals surface area contributed by atoms with E-state index in [0.717, 1.165) is 36.7 Å². The van der Waals surface area contributed by atoms with E-state index in [1.807, 2.05) is 42.2 Å². The quantitative estimate of drug-likeness (QED) is 0.920. The summed E-state index contributed by atoms with van der Waals surface area (Å²) >= 11 is 0. The maximum atomic E-state index is 12.7. The number of nitrogens with one attached hydrogen (secondary N) is 1. The van der Waals surface area contributed by atoms with E-state index < -0.39 is 0 Å². The van der Waals surface area contributed by atoms with Gasteiger partial charge in [-0.3, -0.25) is 14.6 Å². The lowest BCUT2D eigenvalue weighted by atomic mass is 9.79. The molecule has 0 radical (unpaired) electrons. The molecule has 5 nitrogen and oxygen atoms in total. The molecule has 2 unspecified atom stereocenters. The number of fused-ring (bicyclic) bond motifs is 3. The molecular formula is C21H25N3O2. The van der Waals surface area contributed by atoms with E-state index >= 15 is 0 Å². The Bertz CT molecular complexity index is 850. The van der Waals surface area contributed by atoms with E-state index in [9.17, 15) is 9.59 Å². The first-order valence-corrected chi connectivity index (χ1v) is 9.55. The molecule has 2 atom stereocenters. The summed E-state index contributed by atoms with van der Waals surface area (Å²) in [4.78, 5) is 31.5. The Kier molecular flexibility index (Phi) is 4.39. The molecule has 1 aliphatic heterocycles. The molecule has 136 valence electrons. The summed E-state index contributed by atoms with van der Waals surface area (Å²) in [6, 6.07) is 9.46. The summed E-state index contributed by atoms with van der Waals surface area (Å²) in [6.07, 6.45) is 6.58. The van der Waals surface area contributed by atoms with Crippen LogP contribution in [0, 0.1) is 5.92 Å². The van der Waals surface area contributed by atoms with Crippen molar-refractivity contribution in [3.05, 3.63) is 42.1 Å². The highest BCUT2D eigenvalue weighted by Crippen LogP contribution is 2.44. The second kappa shape index (κ2) is 6.71. The molecule has 0 spiro atoms. The smallest absolute Gasteiger partial charge is 0.251 e. The molecule has 2 heterocycles. The van der Waals surface area contributed by atoms with Gasteiger partial charge in [0.25, 0.3) is 5.91 Å². The average molecular weight is 351 g/mol. The molecule has 26 heavy (non-hydrogen) atoms. The highest BCUT2D eigenvalue weighted by atomic mass is 16.2. The summed E-state index contributed by atoms with van der Waals surface area (Å²) in [5.41, 5.74) is 1.24. The van der Waals surface area contributed by atoms with Gasteiger partial charge in [0, 0.05) is 36.7 Å². The van der Waals surface area contributed by atoms with Gasteiger partial charge >= 0.3 is 0 Å². The second-order valence-electron chi connectivity index (χ2n) is 7.64. The van der Waals surface area contributed by atoms with Gasteiger partial charge < -0.3 is 10.2 Å². The number of rotatable bonds is 4. The van der Waals surface area contributed by atoms with Crippen LogP contribution in [-0.4, -0.2) is 40.3 Å². The second-order valence-corrected chi connectivity index (χ2v) is 7.64. The van der Waals surface area contributed by atoms with Crippen LogP contribution in [0.15, 0.2) is 36.5 Å². The van der Waals surface area contributed by atoms with Crippen LogP contribution in [-0.2, 0) is 4.79 Å². The largest absolute Gasteiger partial charge is 0.350 e. The highest BCUT2D eigenvalue weighted by molar-refractivity contribution is 5.97. The molecule has 2 aromatic rings. The molecule has 1 saturated heterocycles. The lowest BCUT2D eigenvalue weighted by Crippen LogP contribution is -2.54. The molecule has 2 bridgehead atoms. The Labute approximate surface area is 153 Å². The van der Waals surface area contributed by atoms with Gasteiger partial charge in [-0.05, 0) is 43.4 Å². The predicted octanol–water partition coefficient (Wildman–Crippen LogP) is 3.15. The van der Waals surface area contributed by atoms with Gasteiger partial charge in [0.15, 0.2) is 0 Å². The van der Waals surface area contributed by atoms with Crippen molar-refractivity contribution in [2.75, 3.05) is 13.1 Å². The zero-order valence-corrected chi connectivity index (χ0v) is 15.2. The van der Waals surface area contributed by atoms with Gasteiger partial charge in [0.2, 0.25) is 5.91 Å². The van der Waals surface area contributed by atoms with E-state index in [-0.39, 0.29) is 17.4 Å². The molecule has 1 N–H and O–H groups in total. The van der Waals surface area contributed by atoms with Crippen LogP contribution in [0.4, 0.5) is 0 Å². The molecule has 2 aliphatic rings. The van der Waals surface area contributed by atoms with Crippen molar-refractivity contribution in [1.82, 2.24) is 15.2 Å². The number of carbonyl (C=O) groups excluding carboxylic acids is 2. The van der Waals surface area contributed by atoms with Crippen LogP contribution >= 0.6 is 0 Å². The van der Waals surface area contributed by atoms with E-state index in [0.29, 0.717) is 24.4 Å². The lowest BCUT2D eigenvalue weighted by Gasteiger charge is -2.40. The molecule has 2 amide bonds. The van der Waals surface area contributed by atoms with E-state index in [1.165, 1.54) is 6.42 Å². The monoisotopic (exact) mass is 351 g/mol. The molecular weight excluding hydrogens is 326 g/mol. The summed E-state index contributed by atoms with van der Waals surface area (Å²) in [5, 5.41) is 4.12. The topological polar surface area (TPSA) is 62.3 Å². The Morgan fingerprint density at radius 3 is 3.08 bits per heavy atom. The number of pyridine rings is 1. The maximum Gasteiger partial charge on any atom is 0.251 e. The Morgan fingerprint density at radius 1 is 1.35 bits per heavy atom. The Morgan fingerprint density at radius 2 is 2.23 bits per heavy atom. The van der Waals surface area contributed by atoms with Crippen molar-refractivity contribution in [3.8, 4) is 0 Å². The fourth-order valence-corrected chi connectivity index (χ4v) is 4.68. The van der Waals surface area contributed by atoms with Crippen LogP contribution in [0.5, 0.6) is 0 Å². The van der Waals surface area contributed by atoms with Crippen LogP contribution in [0.2, 0.25) is 0 Å². The Balaban J connectivity index is 1.51. The third kappa shape index (κ3) is 2.96. The van der Waals surface area contributed by atoms with Crippen molar-refractivity contribution in [2.45, 2.75) is 44.6 Å². The average Bonchev–Trinajstić information content (AvgIpc) is 2.95. The van der Waals surface area contributed by atoms with E-state index in [4.69, 9.17) is 0 Å². The summed E-state index contributed by atoms with van der Waals surface area (Å²) in [5.74, 6) is 0.699. The van der Waals surface area contributed by atoms with Gasteiger partial charge in [0.05, 0.1) is 11.1 Å². The van der Waals surface area contributed by atoms with Crippen molar-refractivity contribution >= 4 is 22.7 Å². The van der Waals surface area contributed by atoms with E-state index in [2.05, 4.69) is 10.3 Å². The summed E-state index contributed by atoms with van der Waals surface area (Å²) in [7, 11) is 0. The maximum absolute atomic E-state index is 12.7. The van der Waals surface area contributed by atoms with E-state index in [1.54, 1.807) is 6.20 Å². The molecule has 5 heteroatoms. The van der Waals surface area contributed by atoms with Crippen molar-refractivity contribution in [2.24, 2.45) is 5.92 Å². The van der Waals surface area contributed by atoms with Gasteiger partial charge in [-0.15, -0.1) is 0 Å². The standard InChI is InChI=1S/C21H25N3O2/c1-2-19(25)24-13-15-5-3-9-21(24,12-15)14-23-20(26)17-8-7-16-6-4-10-22-18(16)11-17/h4,6-8,10-11,15H,2-3,5,9,12-14H2,1H3,(H,23,26). The number of hydrogen-bond donors (Lipinski definition) is 1. The SMILES string of the molecule is CCC(=O)N1CC2CCCC1(CNC(=O)c1ccc3cccnc3c1)C2. The fraction of sp³-hybridized carbons (Fsp3) is 0.476. The Hall–Kier alpha value is -2.43. The van der Waals surface area contributed by atoms with Crippen molar-refractivity contribution in [1.29, 1.82) is 0 Å². The van der Waals surface area contributed by atoms with Gasteiger partial charge in [-0.25, -0.2) is 0 Å². The molecule has 1 aromatic heterocycles. The first-order valence-electron chi connectivity index (χ1n) is 9.55. The third-order valence-corrected chi connectivity index (χ3v) is 5.99. The van der Waals surface area contributed by atoms with Gasteiger partial charge in [-0.2, -0.15) is 0 Å². The molecule has 2 fully saturated rings. The first kappa shape index (κ1) is 17.0. The fourth-order valence-electron chi connectivity index (χ4n) is 4.68. The number of carbonyl (C=O) groups is 2. The molecule has 4 rings (SSSR count). The number of likely N-dealkylation sites (tertiary alicyclic amines) is 1. The first-order chi connectivity index (χ1) is 12.6. The molecule has 1 aliphatic carbocycles. The third-order valence-electron chi connectivity index (χ3n) is 5.99. The summed E-state index contributed by atoms with van der Waals surface area (Å²) < 4.78 is 0. The van der Waals surface area contributed by atoms with Crippen LogP contribution in [0.1, 0.15) is 49.4 Å². The number of benzene rings is 1. The highest BCUT2D eigenvalue weighted by Gasteiger charge is 2.49. The normalized spacial score (nSPS) is 24.7. The molecule has 1 saturated carbocycles. The number of nitrogens with zero attached hydrogens (tertiary/aromatic N) is 2. The minimum absolute atomic E-state index is 0.0927. The minimum atomic E-state index is -0.194. The van der Waals surface area contributed by atoms with Crippen LogP contribution in [0.25, 0.3) is 10.9 Å². The number of aromatic nitrogens is 1. The minimum Gasteiger partial charge on any atom is -0.350 e. The van der Waals surface area contributed by atoms with Crippen molar-refractivity contribution < 1.29 is 9.59 Å². The van der Waals surface area contributed by atoms with Crippen molar-refractivity contribution in [3.63, 3.8) is 0 Å². The van der Waals surface area contributed by atoms with Gasteiger partial charge in [0.1, 0.15) is 0 Å².